The van der Waals surface area contributed by atoms with Crippen molar-refractivity contribution in [1.82, 2.24) is 5.32 Å². The monoisotopic (exact) mass is 344 g/mol. The first-order valence-corrected chi connectivity index (χ1v) is 7.75. The number of benzene rings is 2. The third kappa shape index (κ3) is 3.10. The van der Waals surface area contributed by atoms with Crippen LogP contribution in [-0.2, 0) is 11.3 Å². The van der Waals surface area contributed by atoms with E-state index in [9.17, 15) is 0 Å². The topological polar surface area (TPSA) is 33.6 Å². The van der Waals surface area contributed by atoms with Gasteiger partial charge in [-0.05, 0) is 43.2 Å². The molecule has 0 amide bonds. The van der Waals surface area contributed by atoms with Gasteiger partial charge >= 0.3 is 0 Å². The van der Waals surface area contributed by atoms with Gasteiger partial charge in [-0.15, -0.1) is 0 Å². The predicted molar refractivity (Wildman–Crippen MR) is 88.8 cm³/mol. The van der Waals surface area contributed by atoms with Crippen LogP contribution in [0.5, 0.6) is 0 Å². The molecule has 0 aliphatic carbocycles. The molecule has 1 atom stereocenters. The number of aliphatic imine (C=N–C) groups is 1. The Kier molecular flexibility index (Phi) is 3.97. The SMILES string of the molecule is Cc1cccc2c1COC(NC(C)c1ccc(Br)cc1)=N2. The highest BCUT2D eigenvalue weighted by molar-refractivity contribution is 9.10. The molecule has 0 saturated carbocycles. The number of nitrogens with one attached hydrogen (secondary N) is 1. The third-order valence-corrected chi connectivity index (χ3v) is 4.20. The summed E-state index contributed by atoms with van der Waals surface area (Å²) in [5.41, 5.74) is 4.57. The Morgan fingerprint density at radius 1 is 1.19 bits per heavy atom. The van der Waals surface area contributed by atoms with Crippen molar-refractivity contribution in [1.29, 1.82) is 0 Å². The van der Waals surface area contributed by atoms with Crippen LogP contribution >= 0.6 is 15.9 Å². The fourth-order valence-electron chi connectivity index (χ4n) is 2.36. The summed E-state index contributed by atoms with van der Waals surface area (Å²) in [7, 11) is 0. The molecule has 0 bridgehead atoms. The highest BCUT2D eigenvalue weighted by Gasteiger charge is 2.16. The molecule has 0 radical (unpaired) electrons. The maximum absolute atomic E-state index is 5.73. The van der Waals surface area contributed by atoms with Crippen molar-refractivity contribution in [3.8, 4) is 0 Å². The first-order chi connectivity index (χ1) is 10.1. The molecule has 0 aromatic heterocycles. The van der Waals surface area contributed by atoms with Gasteiger partial charge in [-0.3, -0.25) is 0 Å². The number of amidine groups is 1. The number of nitrogens with zero attached hydrogens (tertiary/aromatic N) is 1. The molecule has 1 N–H and O–H groups in total. The van der Waals surface area contributed by atoms with Crippen molar-refractivity contribution in [3.05, 3.63) is 63.6 Å². The molecule has 2 aromatic rings. The van der Waals surface area contributed by atoms with Gasteiger partial charge in [-0.25, -0.2) is 0 Å². The molecule has 108 valence electrons. The Hall–Kier alpha value is -1.81. The second kappa shape index (κ2) is 5.90. The minimum Gasteiger partial charge on any atom is -0.460 e. The third-order valence-electron chi connectivity index (χ3n) is 3.67. The summed E-state index contributed by atoms with van der Waals surface area (Å²) < 4.78 is 6.81. The zero-order chi connectivity index (χ0) is 14.8. The maximum Gasteiger partial charge on any atom is 0.290 e. The van der Waals surface area contributed by atoms with Gasteiger partial charge in [0.15, 0.2) is 0 Å². The van der Waals surface area contributed by atoms with Crippen molar-refractivity contribution in [2.75, 3.05) is 0 Å². The second-order valence-corrected chi connectivity index (χ2v) is 6.11. The Labute approximate surface area is 133 Å². The number of hydrogen-bond acceptors (Lipinski definition) is 3. The molecule has 0 saturated heterocycles. The normalized spacial score (nSPS) is 14.7. The molecular formula is C17H17BrN2O. The molecule has 1 unspecified atom stereocenters. The van der Waals surface area contributed by atoms with Gasteiger partial charge in [-0.1, -0.05) is 40.2 Å². The van der Waals surface area contributed by atoms with Crippen molar-refractivity contribution in [3.63, 3.8) is 0 Å². The summed E-state index contributed by atoms with van der Waals surface area (Å²) in [6.07, 6.45) is 0. The van der Waals surface area contributed by atoms with Crippen LogP contribution in [0.25, 0.3) is 0 Å². The van der Waals surface area contributed by atoms with E-state index >= 15 is 0 Å². The van der Waals surface area contributed by atoms with Gasteiger partial charge in [0.2, 0.25) is 0 Å². The van der Waals surface area contributed by atoms with Crippen molar-refractivity contribution >= 4 is 27.6 Å². The first kappa shape index (κ1) is 14.1. The molecular weight excluding hydrogens is 328 g/mol. The van der Waals surface area contributed by atoms with Crippen LogP contribution < -0.4 is 5.32 Å². The van der Waals surface area contributed by atoms with E-state index in [-0.39, 0.29) is 6.04 Å². The highest BCUT2D eigenvalue weighted by atomic mass is 79.9. The molecule has 1 heterocycles. The Morgan fingerprint density at radius 3 is 2.71 bits per heavy atom. The zero-order valence-corrected chi connectivity index (χ0v) is 13.6. The molecule has 3 nitrogen and oxygen atoms in total. The lowest BCUT2D eigenvalue weighted by Crippen LogP contribution is -2.30. The minimum absolute atomic E-state index is 0.142. The molecule has 2 aromatic carbocycles. The predicted octanol–water partition coefficient (Wildman–Crippen LogP) is 4.63. The van der Waals surface area contributed by atoms with E-state index in [1.54, 1.807) is 0 Å². The van der Waals surface area contributed by atoms with Crippen LogP contribution in [0.1, 0.15) is 29.7 Å². The van der Waals surface area contributed by atoms with Gasteiger partial charge in [0, 0.05) is 10.0 Å². The van der Waals surface area contributed by atoms with Crippen LogP contribution in [0, 0.1) is 6.92 Å². The fraction of sp³-hybridized carbons (Fsp3) is 0.235. The lowest BCUT2D eigenvalue weighted by molar-refractivity contribution is 0.266. The second-order valence-electron chi connectivity index (χ2n) is 5.20. The quantitative estimate of drug-likeness (QED) is 0.861. The fourth-order valence-corrected chi connectivity index (χ4v) is 2.62. The smallest absolute Gasteiger partial charge is 0.290 e. The van der Waals surface area contributed by atoms with Crippen LogP contribution in [0.3, 0.4) is 0 Å². The van der Waals surface area contributed by atoms with Crippen molar-refractivity contribution in [2.24, 2.45) is 4.99 Å². The Balaban J connectivity index is 1.78. The Morgan fingerprint density at radius 2 is 1.95 bits per heavy atom. The molecule has 3 rings (SSSR count). The maximum atomic E-state index is 5.73. The Bertz CT molecular complexity index is 680. The minimum atomic E-state index is 0.142. The molecule has 1 aliphatic rings. The number of ether oxygens (including phenoxy) is 1. The average Bonchev–Trinajstić information content (AvgIpc) is 2.48. The van der Waals surface area contributed by atoms with Crippen molar-refractivity contribution < 1.29 is 4.74 Å². The zero-order valence-electron chi connectivity index (χ0n) is 12.1. The summed E-state index contributed by atoms with van der Waals surface area (Å²) in [6, 6.07) is 15.1. The van der Waals surface area contributed by atoms with Gasteiger partial charge < -0.3 is 10.1 Å². The van der Waals surface area contributed by atoms with Gasteiger partial charge in [0.1, 0.15) is 6.61 Å². The lowest BCUT2D eigenvalue weighted by Gasteiger charge is -2.22. The number of aryl methyl sites for hydroxylation is 1. The van der Waals surface area contributed by atoms with E-state index < -0.39 is 0 Å². The standard InChI is InChI=1S/C17H17BrN2O/c1-11-4-3-5-16-15(11)10-21-17(20-16)19-12(2)13-6-8-14(18)9-7-13/h3-9,12H,10H2,1-2H3,(H,19,20). The summed E-state index contributed by atoms with van der Waals surface area (Å²) in [6.45, 7) is 4.75. The number of halogens is 1. The number of rotatable bonds is 2. The molecule has 1 aliphatic heterocycles. The van der Waals surface area contributed by atoms with Crippen LogP contribution in [0.15, 0.2) is 51.9 Å². The summed E-state index contributed by atoms with van der Waals surface area (Å²) in [5, 5.41) is 3.33. The lowest BCUT2D eigenvalue weighted by atomic mass is 10.1. The summed E-state index contributed by atoms with van der Waals surface area (Å²) in [5.74, 6) is 0. The van der Waals surface area contributed by atoms with E-state index in [4.69, 9.17) is 4.74 Å². The van der Waals surface area contributed by atoms with E-state index in [1.165, 1.54) is 16.7 Å². The summed E-state index contributed by atoms with van der Waals surface area (Å²) in [4.78, 5) is 4.56. The largest absolute Gasteiger partial charge is 0.460 e. The van der Waals surface area contributed by atoms with Crippen LogP contribution in [-0.4, -0.2) is 6.02 Å². The van der Waals surface area contributed by atoms with Crippen LogP contribution in [0.2, 0.25) is 0 Å². The van der Waals surface area contributed by atoms with Crippen LogP contribution in [0.4, 0.5) is 5.69 Å². The van der Waals surface area contributed by atoms with Gasteiger partial charge in [-0.2, -0.15) is 4.99 Å². The number of fused-ring (bicyclic) bond motifs is 1. The van der Waals surface area contributed by atoms with E-state index in [0.29, 0.717) is 12.6 Å². The highest BCUT2D eigenvalue weighted by Crippen LogP contribution is 2.27. The van der Waals surface area contributed by atoms with E-state index in [1.807, 2.05) is 24.3 Å². The van der Waals surface area contributed by atoms with Crippen molar-refractivity contribution in [2.45, 2.75) is 26.5 Å². The summed E-state index contributed by atoms with van der Waals surface area (Å²) >= 11 is 3.45. The number of hydrogen-bond donors (Lipinski definition) is 1. The molecule has 21 heavy (non-hydrogen) atoms. The van der Waals surface area contributed by atoms with Gasteiger partial charge in [0.05, 0.1) is 11.7 Å². The van der Waals surface area contributed by atoms with E-state index in [2.05, 4.69) is 58.3 Å². The molecule has 0 fully saturated rings. The van der Waals surface area contributed by atoms with E-state index in [0.717, 1.165) is 10.2 Å². The van der Waals surface area contributed by atoms with Gasteiger partial charge in [0.25, 0.3) is 6.02 Å². The average molecular weight is 345 g/mol. The molecule has 4 heteroatoms. The first-order valence-electron chi connectivity index (χ1n) is 6.95. The molecule has 0 spiro atoms.